The Balaban J connectivity index is 1.14. The Hall–Kier alpha value is -2.53. The Morgan fingerprint density at radius 3 is 2.19 bits per heavy atom. The number of nitrogens with two attached hydrogens (primary N) is 2. The van der Waals surface area contributed by atoms with Gasteiger partial charge in [-0.3, -0.25) is 22.7 Å². The first-order valence-electron chi connectivity index (χ1n) is 14.4. The lowest BCUT2D eigenvalue weighted by molar-refractivity contribution is -0.0564. The van der Waals surface area contributed by atoms with Crippen LogP contribution >= 0.6 is 25.8 Å². The number of hydrogen-bond acceptors (Lipinski definition) is 17. The van der Waals surface area contributed by atoms with Crippen LogP contribution in [0.3, 0.4) is 0 Å². The molecule has 0 radical (unpaired) electrons. The fourth-order valence-electron chi connectivity index (χ4n) is 5.59. The minimum Gasteiger partial charge on any atom is -0.382 e. The van der Waals surface area contributed by atoms with Gasteiger partial charge in [-0.05, 0) is 24.8 Å². The maximum Gasteiger partial charge on any atom is 0.386 e. The van der Waals surface area contributed by atoms with Gasteiger partial charge in [-0.2, -0.15) is 0 Å². The van der Waals surface area contributed by atoms with Crippen LogP contribution in [0.4, 0.5) is 20.4 Å². The summed E-state index contributed by atoms with van der Waals surface area (Å²) in [5.74, 6) is 0.458. The van der Waals surface area contributed by atoms with E-state index in [0.29, 0.717) is 30.8 Å². The van der Waals surface area contributed by atoms with Gasteiger partial charge in [0.25, 0.3) is 0 Å². The van der Waals surface area contributed by atoms with Gasteiger partial charge < -0.3 is 35.7 Å². The molecule has 0 bridgehead atoms. The van der Waals surface area contributed by atoms with Crippen LogP contribution in [0.5, 0.6) is 0 Å². The van der Waals surface area contributed by atoms with Crippen molar-refractivity contribution in [2.45, 2.75) is 55.6 Å². The average Bonchev–Trinajstić information content (AvgIpc) is 3.81. The molecule has 3 saturated heterocycles. The van der Waals surface area contributed by atoms with E-state index in [0.717, 1.165) is 0 Å². The van der Waals surface area contributed by atoms with Crippen molar-refractivity contribution in [3.63, 3.8) is 0 Å². The van der Waals surface area contributed by atoms with E-state index >= 15 is 8.78 Å². The van der Waals surface area contributed by atoms with Crippen LogP contribution in [0.15, 0.2) is 25.3 Å². The number of imidazole rings is 2. The van der Waals surface area contributed by atoms with E-state index in [1.165, 1.54) is 34.4 Å². The van der Waals surface area contributed by atoms with E-state index in [2.05, 4.69) is 47.5 Å². The summed E-state index contributed by atoms with van der Waals surface area (Å²) in [6.07, 6.45) is -7.08. The van der Waals surface area contributed by atoms with Crippen molar-refractivity contribution in [3.8, 4) is 0 Å². The first kappa shape index (κ1) is 33.9. The SMILES string of the molecule is NCCCNc1ncnc2c1ncn2[C@@H]1O[C@@H]2COP(O)(=S)O[C@H]3[C@@H](F)[C@H](n4cnc5c(N)ncnc54)O[C@@H]3COP(=O)(S)O[C@H]2[C@H]1F. The van der Waals surface area contributed by atoms with E-state index in [1.807, 2.05) is 0 Å². The normalized spacial score (nSPS) is 36.0. The molecule has 3 fully saturated rings. The molecule has 0 spiro atoms. The van der Waals surface area contributed by atoms with E-state index in [9.17, 15) is 9.46 Å². The topological polar surface area (TPSA) is 244 Å². The van der Waals surface area contributed by atoms with Crippen molar-refractivity contribution in [1.29, 1.82) is 0 Å². The molecule has 4 aromatic rings. The number of halogens is 2. The molecule has 0 amide bonds. The molecule has 7 heterocycles. The highest BCUT2D eigenvalue weighted by Crippen LogP contribution is 2.58. The highest BCUT2D eigenvalue weighted by molar-refractivity contribution is 8.44. The number of fused-ring (bicyclic) bond motifs is 4. The van der Waals surface area contributed by atoms with Crippen molar-refractivity contribution in [2.75, 3.05) is 37.4 Å². The second-order valence-electron chi connectivity index (χ2n) is 10.9. The number of hydrogen-bond donors (Lipinski definition) is 5. The van der Waals surface area contributed by atoms with Crippen LogP contribution in [0.1, 0.15) is 18.9 Å². The van der Waals surface area contributed by atoms with Crippen LogP contribution < -0.4 is 16.8 Å². The minimum atomic E-state index is -4.39. The summed E-state index contributed by atoms with van der Waals surface area (Å²) in [5, 5.41) is 3.10. The quantitative estimate of drug-likeness (QED) is 0.107. The van der Waals surface area contributed by atoms with Gasteiger partial charge >= 0.3 is 13.5 Å². The number of nitrogens with one attached hydrogen (secondary N) is 1. The number of aromatic nitrogens is 8. The Morgan fingerprint density at radius 1 is 0.938 bits per heavy atom. The van der Waals surface area contributed by atoms with Crippen molar-refractivity contribution < 1.29 is 45.8 Å². The van der Waals surface area contributed by atoms with Gasteiger partial charge in [0.2, 0.25) is 0 Å². The zero-order chi connectivity index (χ0) is 33.8. The van der Waals surface area contributed by atoms with Gasteiger partial charge in [0.1, 0.15) is 42.6 Å². The van der Waals surface area contributed by atoms with Crippen LogP contribution in [-0.4, -0.2) is 107 Å². The molecule has 4 aromatic heterocycles. The third kappa shape index (κ3) is 6.42. The van der Waals surface area contributed by atoms with E-state index in [1.54, 1.807) is 0 Å². The molecule has 7 rings (SSSR count). The first-order valence-corrected chi connectivity index (χ1v) is 19.7. The van der Waals surface area contributed by atoms with Gasteiger partial charge in [-0.25, -0.2) is 43.2 Å². The van der Waals surface area contributed by atoms with Crippen molar-refractivity contribution in [1.82, 2.24) is 39.0 Å². The zero-order valence-corrected chi connectivity index (χ0v) is 28.0. The number of anilines is 2. The monoisotopic (exact) mass is 751 g/mol. The first-order chi connectivity index (χ1) is 23.0. The fourth-order valence-corrected chi connectivity index (χ4v) is 8.51. The van der Waals surface area contributed by atoms with Crippen LogP contribution in [0, 0.1) is 0 Å². The molecule has 10 atom stereocenters. The number of rotatable bonds is 6. The molecule has 6 N–H and O–H groups in total. The molecular weight excluding hydrogens is 722 g/mol. The Bertz CT molecular complexity index is 1910. The molecule has 2 unspecified atom stereocenters. The fraction of sp³-hybridized carbons (Fsp3) is 0.565. The number of thiol groups is 1. The van der Waals surface area contributed by atoms with Crippen molar-refractivity contribution in [3.05, 3.63) is 25.3 Å². The maximum atomic E-state index is 16.2. The van der Waals surface area contributed by atoms with Crippen molar-refractivity contribution in [2.24, 2.45) is 5.73 Å². The van der Waals surface area contributed by atoms with Crippen LogP contribution in [0.25, 0.3) is 22.3 Å². The highest BCUT2D eigenvalue weighted by Gasteiger charge is 2.54. The molecule has 3 aliphatic heterocycles. The molecule has 25 heteroatoms. The summed E-state index contributed by atoms with van der Waals surface area (Å²) in [5.41, 5.74) is 12.3. The Kier molecular flexibility index (Phi) is 9.41. The molecule has 0 saturated carbocycles. The molecule has 48 heavy (non-hydrogen) atoms. The number of alkyl halides is 2. The second kappa shape index (κ2) is 13.3. The molecule has 3 aliphatic rings. The zero-order valence-electron chi connectivity index (χ0n) is 24.5. The van der Waals surface area contributed by atoms with Gasteiger partial charge in [0.05, 0.1) is 25.9 Å². The lowest BCUT2D eigenvalue weighted by Crippen LogP contribution is -2.37. The maximum absolute atomic E-state index is 16.2. The van der Waals surface area contributed by atoms with E-state index in [4.69, 9.17) is 50.8 Å². The van der Waals surface area contributed by atoms with Gasteiger partial charge in [-0.1, -0.05) is 12.2 Å². The number of nitrogen functional groups attached to an aromatic ring is 1. The third-order valence-corrected chi connectivity index (χ3v) is 11.0. The molecular formula is C23H29F2N11O8P2S2. The Morgan fingerprint density at radius 2 is 1.52 bits per heavy atom. The van der Waals surface area contributed by atoms with Gasteiger partial charge in [0, 0.05) is 6.54 Å². The second-order valence-corrected chi connectivity index (χ2v) is 16.6. The summed E-state index contributed by atoms with van der Waals surface area (Å²) in [7, 11) is 0. The summed E-state index contributed by atoms with van der Waals surface area (Å²) in [6.45, 7) is -8.92. The van der Waals surface area contributed by atoms with Crippen LogP contribution in [0.2, 0.25) is 0 Å². The molecule has 0 aromatic carbocycles. The average molecular weight is 752 g/mol. The molecule has 260 valence electrons. The predicted octanol–water partition coefficient (Wildman–Crippen LogP) is 1.55. The Labute approximate surface area is 280 Å². The number of nitrogens with zero attached hydrogens (tertiary/aromatic N) is 8. The van der Waals surface area contributed by atoms with Crippen molar-refractivity contribution >= 4 is 71.5 Å². The minimum absolute atomic E-state index is 0.0569. The summed E-state index contributed by atoms with van der Waals surface area (Å²) >= 11 is 9.23. The third-order valence-electron chi connectivity index (χ3n) is 7.82. The standard InChI is InChI=1S/C23H29F2N11O8P2S2/c24-12-16-10(41-22(12)35-8-33-14-18(27)29-6-31-20(14)35)4-39-46(38,48)44-17-11(5-40-45(37,47)43-16)42-23(13(17)25)36-9-34-15-19(28-3-1-2-26)30-7-32-21(15)36/h6-13,16-17,22-23H,1-5,26H2,(H,37,47)(H,38,48)(H2,27,29,31)(H,28,30,32)/t10-,11-,12-,13-,16-,17-,22-,23-,45?,46?/m1/s1. The molecule has 19 nitrogen and oxygen atoms in total. The predicted molar refractivity (Wildman–Crippen MR) is 170 cm³/mol. The van der Waals surface area contributed by atoms with E-state index < -0.39 is 75.9 Å². The lowest BCUT2D eigenvalue weighted by atomic mass is 10.1. The smallest absolute Gasteiger partial charge is 0.382 e. The lowest BCUT2D eigenvalue weighted by Gasteiger charge is -2.29. The largest absolute Gasteiger partial charge is 0.386 e. The van der Waals surface area contributed by atoms with Gasteiger partial charge in [-0.15, -0.1) is 0 Å². The summed E-state index contributed by atoms with van der Waals surface area (Å²) in [6, 6.07) is 0. The van der Waals surface area contributed by atoms with Gasteiger partial charge in [0.15, 0.2) is 53.2 Å². The summed E-state index contributed by atoms with van der Waals surface area (Å²) < 4.78 is 82.2. The van der Waals surface area contributed by atoms with E-state index in [-0.39, 0.29) is 22.6 Å². The summed E-state index contributed by atoms with van der Waals surface area (Å²) in [4.78, 5) is 35.8. The number of ether oxygens (including phenoxy) is 2. The van der Waals surface area contributed by atoms with Crippen LogP contribution in [-0.2, 0) is 43.9 Å². The highest BCUT2D eigenvalue weighted by atomic mass is 32.7. The molecule has 0 aliphatic carbocycles.